The summed E-state index contributed by atoms with van der Waals surface area (Å²) in [4.78, 5) is 15.3. The molecule has 1 saturated carbocycles. The lowest BCUT2D eigenvalue weighted by atomic mass is 9.96. The van der Waals surface area contributed by atoms with Crippen molar-refractivity contribution in [3.8, 4) is 0 Å². The Labute approximate surface area is 157 Å². The standard InChI is InChI=1S/C18H17BrFN5O/c19-12-3-4-13(20)14-15(12)21-9-22-17(14)25-7-5-10(6-8-25)16-23-18(26-24-16)11-1-2-11/h3-4,9-11H,1-2,5-8H2. The molecule has 2 aliphatic rings. The Hall–Kier alpha value is -2.09. The molecular weight excluding hydrogens is 401 g/mol. The summed E-state index contributed by atoms with van der Waals surface area (Å²) >= 11 is 3.45. The Morgan fingerprint density at radius 2 is 1.88 bits per heavy atom. The summed E-state index contributed by atoms with van der Waals surface area (Å²) in [7, 11) is 0. The van der Waals surface area contributed by atoms with Crippen molar-refractivity contribution in [3.63, 3.8) is 0 Å². The van der Waals surface area contributed by atoms with Gasteiger partial charge in [0.2, 0.25) is 5.89 Å². The Kier molecular flexibility index (Phi) is 3.88. The van der Waals surface area contributed by atoms with Crippen molar-refractivity contribution < 1.29 is 8.91 Å². The SMILES string of the molecule is Fc1ccc(Br)c2ncnc(N3CCC(c4noc(C5CC5)n4)CC3)c12. The first-order valence-corrected chi connectivity index (χ1v) is 9.67. The maximum atomic E-state index is 14.4. The topological polar surface area (TPSA) is 67.9 Å². The van der Waals surface area contributed by atoms with E-state index in [1.54, 1.807) is 6.07 Å². The fourth-order valence-electron chi connectivity index (χ4n) is 3.58. The largest absolute Gasteiger partial charge is 0.356 e. The van der Waals surface area contributed by atoms with Crippen molar-refractivity contribution >= 4 is 32.7 Å². The van der Waals surface area contributed by atoms with Crippen molar-refractivity contribution in [2.45, 2.75) is 37.5 Å². The van der Waals surface area contributed by atoms with Crippen LogP contribution in [0.4, 0.5) is 10.2 Å². The minimum atomic E-state index is -0.298. The third-order valence-electron chi connectivity index (χ3n) is 5.21. The first-order chi connectivity index (χ1) is 12.7. The van der Waals surface area contributed by atoms with Crippen LogP contribution >= 0.6 is 15.9 Å². The molecule has 0 N–H and O–H groups in total. The smallest absolute Gasteiger partial charge is 0.229 e. The quantitative estimate of drug-likeness (QED) is 0.636. The number of hydrogen-bond acceptors (Lipinski definition) is 6. The Morgan fingerprint density at radius 1 is 1.08 bits per heavy atom. The number of fused-ring (bicyclic) bond motifs is 1. The molecule has 134 valence electrons. The third-order valence-corrected chi connectivity index (χ3v) is 5.85. The highest BCUT2D eigenvalue weighted by atomic mass is 79.9. The second kappa shape index (κ2) is 6.26. The molecule has 0 unspecified atom stereocenters. The van der Waals surface area contributed by atoms with Crippen LogP contribution in [0.15, 0.2) is 27.5 Å². The van der Waals surface area contributed by atoms with Crippen LogP contribution < -0.4 is 4.90 Å². The Morgan fingerprint density at radius 3 is 2.65 bits per heavy atom. The number of hydrogen-bond donors (Lipinski definition) is 0. The van der Waals surface area contributed by atoms with E-state index in [4.69, 9.17) is 4.52 Å². The fraction of sp³-hybridized carbons (Fsp3) is 0.444. The van der Waals surface area contributed by atoms with Crippen LogP contribution in [-0.2, 0) is 0 Å². The first-order valence-electron chi connectivity index (χ1n) is 8.88. The molecule has 5 rings (SSSR count). The molecule has 1 aliphatic carbocycles. The van der Waals surface area contributed by atoms with Gasteiger partial charge in [-0.1, -0.05) is 5.16 Å². The number of anilines is 1. The molecule has 2 aromatic heterocycles. The van der Waals surface area contributed by atoms with Crippen molar-refractivity contribution in [2.75, 3.05) is 18.0 Å². The van der Waals surface area contributed by atoms with Gasteiger partial charge in [0.1, 0.15) is 18.0 Å². The summed E-state index contributed by atoms with van der Waals surface area (Å²) in [5.74, 6) is 2.72. The van der Waals surface area contributed by atoms with E-state index in [0.29, 0.717) is 22.6 Å². The van der Waals surface area contributed by atoms with Gasteiger partial charge in [0.05, 0.1) is 10.9 Å². The van der Waals surface area contributed by atoms with E-state index in [1.807, 2.05) is 0 Å². The van der Waals surface area contributed by atoms with Gasteiger partial charge in [0.15, 0.2) is 5.82 Å². The van der Waals surface area contributed by atoms with Gasteiger partial charge in [-0.2, -0.15) is 4.98 Å². The molecule has 2 fully saturated rings. The van der Waals surface area contributed by atoms with Crippen LogP contribution in [-0.4, -0.2) is 33.2 Å². The maximum Gasteiger partial charge on any atom is 0.229 e. The minimum Gasteiger partial charge on any atom is -0.356 e. The molecule has 0 atom stereocenters. The van der Waals surface area contributed by atoms with Crippen LogP contribution in [0.25, 0.3) is 10.9 Å². The molecule has 1 aliphatic heterocycles. The van der Waals surface area contributed by atoms with E-state index in [9.17, 15) is 4.39 Å². The van der Waals surface area contributed by atoms with Gasteiger partial charge in [-0.05, 0) is 53.7 Å². The van der Waals surface area contributed by atoms with Crippen LogP contribution in [0.3, 0.4) is 0 Å². The number of aromatic nitrogens is 4. The van der Waals surface area contributed by atoms with Gasteiger partial charge in [0, 0.05) is 29.4 Å². The van der Waals surface area contributed by atoms with Crippen LogP contribution in [0.1, 0.15) is 49.2 Å². The lowest BCUT2D eigenvalue weighted by Crippen LogP contribution is -2.34. The number of piperidine rings is 1. The first kappa shape index (κ1) is 16.1. The summed E-state index contributed by atoms with van der Waals surface area (Å²) in [5, 5.41) is 4.65. The predicted molar refractivity (Wildman–Crippen MR) is 97.7 cm³/mol. The van der Waals surface area contributed by atoms with Gasteiger partial charge in [-0.3, -0.25) is 0 Å². The Balaban J connectivity index is 1.38. The second-order valence-electron chi connectivity index (χ2n) is 6.98. The minimum absolute atomic E-state index is 0.284. The van der Waals surface area contributed by atoms with Crippen molar-refractivity contribution in [1.82, 2.24) is 20.1 Å². The molecule has 1 saturated heterocycles. The molecule has 0 spiro atoms. The summed E-state index contributed by atoms with van der Waals surface area (Å²) < 4.78 is 20.6. The molecule has 26 heavy (non-hydrogen) atoms. The van der Waals surface area contributed by atoms with E-state index in [-0.39, 0.29) is 11.7 Å². The Bertz CT molecular complexity index is 965. The summed E-state index contributed by atoms with van der Waals surface area (Å²) in [6, 6.07) is 3.12. The van der Waals surface area contributed by atoms with E-state index in [2.05, 4.69) is 40.9 Å². The predicted octanol–water partition coefficient (Wildman–Crippen LogP) is 4.18. The number of benzene rings is 1. The molecular formula is C18H17BrFN5O. The molecule has 1 aromatic carbocycles. The molecule has 3 heterocycles. The van der Waals surface area contributed by atoms with Crippen LogP contribution in [0.5, 0.6) is 0 Å². The lowest BCUT2D eigenvalue weighted by Gasteiger charge is -2.32. The van der Waals surface area contributed by atoms with Crippen molar-refractivity contribution in [3.05, 3.63) is 40.5 Å². The van der Waals surface area contributed by atoms with Crippen LogP contribution in [0.2, 0.25) is 0 Å². The molecule has 0 radical (unpaired) electrons. The zero-order valence-corrected chi connectivity index (χ0v) is 15.6. The second-order valence-corrected chi connectivity index (χ2v) is 7.83. The van der Waals surface area contributed by atoms with E-state index < -0.39 is 0 Å². The van der Waals surface area contributed by atoms with Gasteiger partial charge < -0.3 is 9.42 Å². The third kappa shape index (κ3) is 2.76. The average Bonchev–Trinajstić information content (AvgIpc) is 3.41. The van der Waals surface area contributed by atoms with E-state index >= 15 is 0 Å². The number of nitrogens with zero attached hydrogens (tertiary/aromatic N) is 5. The van der Waals surface area contributed by atoms with Gasteiger partial charge in [-0.15, -0.1) is 0 Å². The van der Waals surface area contributed by atoms with Crippen LogP contribution in [0, 0.1) is 5.82 Å². The fourth-order valence-corrected chi connectivity index (χ4v) is 4.02. The van der Waals surface area contributed by atoms with Crippen molar-refractivity contribution in [2.24, 2.45) is 0 Å². The summed E-state index contributed by atoms with van der Waals surface area (Å²) in [6.45, 7) is 1.55. The highest BCUT2D eigenvalue weighted by Gasteiger charge is 2.32. The zero-order valence-electron chi connectivity index (χ0n) is 14.0. The van der Waals surface area contributed by atoms with Gasteiger partial charge >= 0.3 is 0 Å². The number of halogens is 2. The van der Waals surface area contributed by atoms with Gasteiger partial charge in [-0.25, -0.2) is 14.4 Å². The lowest BCUT2D eigenvalue weighted by molar-refractivity contribution is 0.364. The van der Waals surface area contributed by atoms with Gasteiger partial charge in [0.25, 0.3) is 0 Å². The summed E-state index contributed by atoms with van der Waals surface area (Å²) in [5.41, 5.74) is 0.601. The summed E-state index contributed by atoms with van der Waals surface area (Å²) in [6.07, 6.45) is 5.59. The molecule has 8 heteroatoms. The van der Waals surface area contributed by atoms with E-state index in [0.717, 1.165) is 55.0 Å². The van der Waals surface area contributed by atoms with Crippen molar-refractivity contribution in [1.29, 1.82) is 0 Å². The average molecular weight is 418 g/mol. The number of rotatable bonds is 3. The molecule has 6 nitrogen and oxygen atoms in total. The monoisotopic (exact) mass is 417 g/mol. The highest BCUT2D eigenvalue weighted by Crippen LogP contribution is 2.40. The normalized spacial score (nSPS) is 18.6. The molecule has 0 amide bonds. The van der Waals surface area contributed by atoms with E-state index in [1.165, 1.54) is 12.4 Å². The highest BCUT2D eigenvalue weighted by molar-refractivity contribution is 9.10. The zero-order chi connectivity index (χ0) is 17.7. The molecule has 0 bridgehead atoms. The maximum absolute atomic E-state index is 14.4. The molecule has 3 aromatic rings.